The molecule has 14 heavy (non-hydrogen) atoms. The minimum atomic E-state index is 0.514. The fourth-order valence-corrected chi connectivity index (χ4v) is 2.37. The second-order valence-electron chi connectivity index (χ2n) is 3.41. The van der Waals surface area contributed by atoms with Crippen molar-refractivity contribution >= 4 is 40.5 Å². The van der Waals surface area contributed by atoms with Gasteiger partial charge in [-0.2, -0.15) is 0 Å². The molecule has 0 bridgehead atoms. The van der Waals surface area contributed by atoms with Crippen molar-refractivity contribution < 1.29 is 0 Å². The SMILES string of the molecule is Clc1cc(Cl)c(N2CCCC2)cc1Cl. The van der Waals surface area contributed by atoms with Crippen LogP contribution >= 0.6 is 34.8 Å². The van der Waals surface area contributed by atoms with Crippen molar-refractivity contribution in [3.63, 3.8) is 0 Å². The van der Waals surface area contributed by atoms with E-state index in [0.29, 0.717) is 15.1 Å². The van der Waals surface area contributed by atoms with Crippen LogP contribution in [0.2, 0.25) is 15.1 Å². The number of rotatable bonds is 1. The van der Waals surface area contributed by atoms with Gasteiger partial charge in [0.05, 0.1) is 20.8 Å². The van der Waals surface area contributed by atoms with Crippen molar-refractivity contribution in [2.75, 3.05) is 18.0 Å². The quantitative estimate of drug-likeness (QED) is 0.674. The second-order valence-corrected chi connectivity index (χ2v) is 4.63. The molecule has 0 N–H and O–H groups in total. The molecule has 4 heteroatoms. The highest BCUT2D eigenvalue weighted by Gasteiger charge is 2.16. The summed E-state index contributed by atoms with van der Waals surface area (Å²) in [4.78, 5) is 2.24. The molecule has 1 nitrogen and oxygen atoms in total. The Balaban J connectivity index is 2.37. The molecule has 0 saturated carbocycles. The molecule has 0 spiro atoms. The minimum Gasteiger partial charge on any atom is -0.370 e. The predicted octanol–water partition coefficient (Wildman–Crippen LogP) is 4.25. The predicted molar refractivity (Wildman–Crippen MR) is 62.9 cm³/mol. The number of halogens is 3. The first-order chi connectivity index (χ1) is 6.68. The summed E-state index contributed by atoms with van der Waals surface area (Å²) in [5.41, 5.74) is 0.999. The highest BCUT2D eigenvalue weighted by atomic mass is 35.5. The van der Waals surface area contributed by atoms with E-state index in [1.54, 1.807) is 6.07 Å². The normalized spacial score (nSPS) is 16.4. The van der Waals surface area contributed by atoms with E-state index in [1.165, 1.54) is 12.8 Å². The molecule has 1 saturated heterocycles. The third-order valence-electron chi connectivity index (χ3n) is 2.44. The Morgan fingerprint density at radius 1 is 0.857 bits per heavy atom. The van der Waals surface area contributed by atoms with Crippen LogP contribution in [0.25, 0.3) is 0 Å². The van der Waals surface area contributed by atoms with Crippen LogP contribution in [0.1, 0.15) is 12.8 Å². The first kappa shape index (κ1) is 10.4. The lowest BCUT2D eigenvalue weighted by atomic mass is 10.3. The summed E-state index contributed by atoms with van der Waals surface area (Å²) in [6.45, 7) is 2.11. The Labute approximate surface area is 98.6 Å². The summed E-state index contributed by atoms with van der Waals surface area (Å²) >= 11 is 17.9. The van der Waals surface area contributed by atoms with Crippen LogP contribution < -0.4 is 4.90 Å². The van der Waals surface area contributed by atoms with E-state index in [-0.39, 0.29) is 0 Å². The summed E-state index contributed by atoms with van der Waals surface area (Å²) in [6.07, 6.45) is 2.44. The van der Waals surface area contributed by atoms with E-state index in [2.05, 4.69) is 4.90 Å². The zero-order valence-electron chi connectivity index (χ0n) is 7.56. The van der Waals surface area contributed by atoms with Gasteiger partial charge in [-0.25, -0.2) is 0 Å². The summed E-state index contributed by atoms with van der Waals surface area (Å²) in [6, 6.07) is 3.55. The molecular formula is C10H10Cl3N. The molecular weight excluding hydrogens is 240 g/mol. The van der Waals surface area contributed by atoms with E-state index in [9.17, 15) is 0 Å². The molecule has 0 unspecified atom stereocenters. The van der Waals surface area contributed by atoms with Crippen molar-refractivity contribution in [3.8, 4) is 0 Å². The molecule has 1 aliphatic heterocycles. The van der Waals surface area contributed by atoms with Crippen LogP contribution in [-0.2, 0) is 0 Å². The van der Waals surface area contributed by atoms with E-state index >= 15 is 0 Å². The largest absolute Gasteiger partial charge is 0.370 e. The van der Waals surface area contributed by atoms with Gasteiger partial charge in [0.2, 0.25) is 0 Å². The Morgan fingerprint density at radius 2 is 1.43 bits per heavy atom. The molecule has 2 rings (SSSR count). The molecule has 1 aromatic rings. The van der Waals surface area contributed by atoms with E-state index in [4.69, 9.17) is 34.8 Å². The zero-order chi connectivity index (χ0) is 10.1. The molecule has 0 aromatic heterocycles. The fourth-order valence-electron chi connectivity index (χ4n) is 1.71. The average Bonchev–Trinajstić information content (AvgIpc) is 2.64. The lowest BCUT2D eigenvalue weighted by Gasteiger charge is -2.19. The Morgan fingerprint density at radius 3 is 2.07 bits per heavy atom. The summed E-state index contributed by atoms with van der Waals surface area (Å²) in [7, 11) is 0. The number of benzene rings is 1. The van der Waals surface area contributed by atoms with Crippen molar-refractivity contribution in [1.82, 2.24) is 0 Å². The summed E-state index contributed by atoms with van der Waals surface area (Å²) < 4.78 is 0. The van der Waals surface area contributed by atoms with Gasteiger partial charge in [-0.1, -0.05) is 34.8 Å². The molecule has 76 valence electrons. The van der Waals surface area contributed by atoms with Crippen LogP contribution in [-0.4, -0.2) is 13.1 Å². The van der Waals surface area contributed by atoms with Crippen molar-refractivity contribution in [2.45, 2.75) is 12.8 Å². The van der Waals surface area contributed by atoms with E-state index in [1.807, 2.05) is 6.07 Å². The standard InChI is InChI=1S/C10H10Cl3N/c11-7-5-9(13)10(6-8(7)12)14-3-1-2-4-14/h5-6H,1-4H2. The van der Waals surface area contributed by atoms with Gasteiger partial charge in [0.15, 0.2) is 0 Å². The zero-order valence-corrected chi connectivity index (χ0v) is 9.83. The van der Waals surface area contributed by atoms with Crippen molar-refractivity contribution in [1.29, 1.82) is 0 Å². The maximum Gasteiger partial charge on any atom is 0.0655 e. The average molecular weight is 251 g/mol. The molecule has 1 heterocycles. The van der Waals surface area contributed by atoms with Gasteiger partial charge in [-0.3, -0.25) is 0 Å². The molecule has 0 amide bonds. The first-order valence-electron chi connectivity index (χ1n) is 4.58. The molecule has 0 atom stereocenters. The smallest absolute Gasteiger partial charge is 0.0655 e. The Hall–Kier alpha value is -0.110. The maximum absolute atomic E-state index is 6.10. The molecule has 1 aliphatic rings. The van der Waals surface area contributed by atoms with Crippen molar-refractivity contribution in [2.24, 2.45) is 0 Å². The van der Waals surface area contributed by atoms with Gasteiger partial charge < -0.3 is 4.90 Å². The van der Waals surface area contributed by atoms with Gasteiger partial charge in [-0.05, 0) is 25.0 Å². The van der Waals surface area contributed by atoms with Crippen LogP contribution in [0.5, 0.6) is 0 Å². The highest BCUT2D eigenvalue weighted by molar-refractivity contribution is 6.44. The van der Waals surface area contributed by atoms with Gasteiger partial charge >= 0.3 is 0 Å². The highest BCUT2D eigenvalue weighted by Crippen LogP contribution is 2.35. The van der Waals surface area contributed by atoms with Gasteiger partial charge in [-0.15, -0.1) is 0 Å². The Bertz CT molecular complexity index is 345. The topological polar surface area (TPSA) is 3.24 Å². The van der Waals surface area contributed by atoms with Gasteiger partial charge in [0, 0.05) is 13.1 Å². The maximum atomic E-state index is 6.10. The summed E-state index contributed by atoms with van der Waals surface area (Å²) in [5, 5.41) is 1.76. The number of anilines is 1. The van der Waals surface area contributed by atoms with E-state index < -0.39 is 0 Å². The second kappa shape index (κ2) is 4.18. The van der Waals surface area contributed by atoms with Crippen LogP contribution in [0.15, 0.2) is 12.1 Å². The number of nitrogens with zero attached hydrogens (tertiary/aromatic N) is 1. The van der Waals surface area contributed by atoms with E-state index in [0.717, 1.165) is 18.8 Å². The van der Waals surface area contributed by atoms with Gasteiger partial charge in [0.25, 0.3) is 0 Å². The van der Waals surface area contributed by atoms with Crippen LogP contribution in [0.4, 0.5) is 5.69 Å². The number of hydrogen-bond donors (Lipinski definition) is 0. The lowest BCUT2D eigenvalue weighted by Crippen LogP contribution is -2.17. The summed E-state index contributed by atoms with van der Waals surface area (Å²) in [5.74, 6) is 0. The van der Waals surface area contributed by atoms with Crippen LogP contribution in [0.3, 0.4) is 0 Å². The van der Waals surface area contributed by atoms with Crippen molar-refractivity contribution in [3.05, 3.63) is 27.2 Å². The third-order valence-corrected chi connectivity index (χ3v) is 3.46. The monoisotopic (exact) mass is 249 g/mol. The molecule has 0 radical (unpaired) electrons. The van der Waals surface area contributed by atoms with Crippen LogP contribution in [0, 0.1) is 0 Å². The van der Waals surface area contributed by atoms with Gasteiger partial charge in [0.1, 0.15) is 0 Å². The minimum absolute atomic E-state index is 0.514. The number of hydrogen-bond acceptors (Lipinski definition) is 1. The molecule has 1 aromatic carbocycles. The Kier molecular flexibility index (Phi) is 3.10. The molecule has 1 fully saturated rings. The lowest BCUT2D eigenvalue weighted by molar-refractivity contribution is 0.949. The fraction of sp³-hybridized carbons (Fsp3) is 0.400. The molecule has 0 aliphatic carbocycles. The first-order valence-corrected chi connectivity index (χ1v) is 5.71. The third kappa shape index (κ3) is 1.95.